The molecule has 0 unspecified atom stereocenters. The molecule has 1 aromatic carbocycles. The molecule has 11 N–H and O–H groups in total. The number of H-pyrrole nitrogens is 1. The predicted molar refractivity (Wildman–Crippen MR) is 185 cm³/mol. The normalized spacial score (nSPS) is 13.3. The monoisotopic (exact) mass is 743 g/mol. The smallest absolute Gasteiger partial charge is 0.327 e. The van der Waals surface area contributed by atoms with Gasteiger partial charge in [0.15, 0.2) is 11.2 Å². The average molecular weight is 744 g/mol. The first kappa shape index (κ1) is 40.5. The summed E-state index contributed by atoms with van der Waals surface area (Å²) in [4.78, 5) is 111. The number of benzene rings is 1. The van der Waals surface area contributed by atoms with Crippen LogP contribution in [0, 0.1) is 5.92 Å². The van der Waals surface area contributed by atoms with Crippen molar-refractivity contribution < 1.29 is 48.9 Å². The van der Waals surface area contributed by atoms with Gasteiger partial charge in [-0.15, -0.1) is 0 Å². The maximum absolute atomic E-state index is 12.8. The van der Waals surface area contributed by atoms with Crippen molar-refractivity contribution in [3.8, 4) is 0 Å². The maximum Gasteiger partial charge on any atom is 0.327 e. The van der Waals surface area contributed by atoms with E-state index in [9.17, 15) is 43.5 Å². The van der Waals surface area contributed by atoms with Crippen LogP contribution < -0.4 is 33.0 Å². The number of carbonyl (C=O) groups is 7. The zero-order valence-corrected chi connectivity index (χ0v) is 28.3. The van der Waals surface area contributed by atoms with E-state index in [0.717, 1.165) is 0 Å². The molecule has 0 aliphatic rings. The third-order valence-electron chi connectivity index (χ3n) is 7.61. The lowest BCUT2D eigenvalue weighted by molar-refractivity contribution is -0.144. The van der Waals surface area contributed by atoms with Crippen LogP contribution in [0.5, 0.6) is 0 Å². The van der Waals surface area contributed by atoms with Crippen LogP contribution in [0.25, 0.3) is 11.2 Å². The standard InChI is InChI=1S/C31H37N9O11S/c32-19(22(42)9-15(10-23(43)44)27(46)38-21(13-52)30(50)51)7-5-18(41)6-8-20(29(48)49)37-26(45)14-1-3-16(4-2-14)34-11-17-12-35-25-24(36-17)28(47)40-31(33)39-25/h1-4,12,15,19-21,34,52H,5-11,13,32H2,(H,37,45)(H,38,46)(H,43,44)(H,48,49)(H,50,51)(H3,33,35,39,40,47)/t15-,19-,20+,21-/m0/s1. The Morgan fingerprint density at radius 3 is 2.15 bits per heavy atom. The van der Waals surface area contributed by atoms with Gasteiger partial charge in [-0.25, -0.2) is 19.6 Å². The number of carboxylic acids is 3. The van der Waals surface area contributed by atoms with Crippen LogP contribution in [0.4, 0.5) is 11.6 Å². The van der Waals surface area contributed by atoms with Gasteiger partial charge in [-0.2, -0.15) is 17.6 Å². The lowest BCUT2D eigenvalue weighted by Crippen LogP contribution is -2.46. The molecular weight excluding hydrogens is 706 g/mol. The van der Waals surface area contributed by atoms with Crippen LogP contribution in [0.2, 0.25) is 0 Å². The van der Waals surface area contributed by atoms with Crippen molar-refractivity contribution in [1.82, 2.24) is 30.6 Å². The van der Waals surface area contributed by atoms with Crippen molar-refractivity contribution in [1.29, 1.82) is 0 Å². The fraction of sp³-hybridized carbons (Fsp3) is 0.387. The summed E-state index contributed by atoms with van der Waals surface area (Å²) in [6.45, 7) is 0.167. The van der Waals surface area contributed by atoms with E-state index >= 15 is 0 Å². The molecule has 52 heavy (non-hydrogen) atoms. The van der Waals surface area contributed by atoms with Crippen LogP contribution >= 0.6 is 12.6 Å². The number of aromatic nitrogens is 4. The molecule has 4 atom stereocenters. The number of fused-ring (bicyclic) bond motifs is 1. The first-order valence-electron chi connectivity index (χ1n) is 15.6. The van der Waals surface area contributed by atoms with Crippen molar-refractivity contribution >= 4 is 76.7 Å². The highest BCUT2D eigenvalue weighted by molar-refractivity contribution is 7.80. The number of rotatable bonds is 21. The minimum atomic E-state index is -1.42. The molecule has 3 rings (SSSR count). The summed E-state index contributed by atoms with van der Waals surface area (Å²) in [5.41, 5.74) is 12.1. The van der Waals surface area contributed by atoms with E-state index in [4.69, 9.17) is 21.7 Å². The van der Waals surface area contributed by atoms with E-state index in [2.05, 4.69) is 48.5 Å². The van der Waals surface area contributed by atoms with E-state index in [-0.39, 0.29) is 60.7 Å². The molecule has 3 aromatic rings. The minimum Gasteiger partial charge on any atom is -0.481 e. The second-order valence-electron chi connectivity index (χ2n) is 11.5. The summed E-state index contributed by atoms with van der Waals surface area (Å²) < 4.78 is 0. The summed E-state index contributed by atoms with van der Waals surface area (Å²) in [5, 5.41) is 35.4. The number of carboxylic acid groups (broad SMARTS) is 3. The van der Waals surface area contributed by atoms with Crippen LogP contribution in [0.15, 0.2) is 35.3 Å². The second-order valence-corrected chi connectivity index (χ2v) is 11.9. The number of aromatic amines is 1. The molecule has 0 saturated carbocycles. The van der Waals surface area contributed by atoms with Crippen molar-refractivity contribution in [2.45, 2.75) is 63.2 Å². The zero-order chi connectivity index (χ0) is 38.5. The Hall–Kier alpha value is -5.96. The number of nitrogens with one attached hydrogen (secondary N) is 4. The Morgan fingerprint density at radius 2 is 1.54 bits per heavy atom. The molecule has 2 aromatic heterocycles. The van der Waals surface area contributed by atoms with E-state index in [1.165, 1.54) is 18.3 Å². The first-order valence-corrected chi connectivity index (χ1v) is 16.3. The highest BCUT2D eigenvalue weighted by atomic mass is 32.1. The number of nitrogens with two attached hydrogens (primary N) is 2. The Bertz CT molecular complexity index is 1890. The Morgan fingerprint density at radius 1 is 0.885 bits per heavy atom. The van der Waals surface area contributed by atoms with E-state index in [1.54, 1.807) is 12.1 Å². The first-order chi connectivity index (χ1) is 24.6. The van der Waals surface area contributed by atoms with Crippen LogP contribution in [-0.2, 0) is 35.3 Å². The Balaban J connectivity index is 1.47. The molecule has 0 aliphatic carbocycles. The topological polar surface area (TPSA) is 340 Å². The van der Waals surface area contributed by atoms with E-state index in [0.29, 0.717) is 11.4 Å². The van der Waals surface area contributed by atoms with Gasteiger partial charge in [0.05, 0.1) is 36.8 Å². The highest BCUT2D eigenvalue weighted by Gasteiger charge is 2.30. The van der Waals surface area contributed by atoms with Gasteiger partial charge in [0.2, 0.25) is 11.9 Å². The number of thiol groups is 1. The van der Waals surface area contributed by atoms with Gasteiger partial charge in [-0.1, -0.05) is 0 Å². The van der Waals surface area contributed by atoms with Gasteiger partial charge in [-0.3, -0.25) is 33.8 Å². The quantitative estimate of drug-likeness (QED) is 0.0591. The maximum atomic E-state index is 12.8. The number of hydrogen-bond donors (Lipinski definition) is 10. The Labute approximate surface area is 299 Å². The fourth-order valence-corrected chi connectivity index (χ4v) is 4.98. The van der Waals surface area contributed by atoms with Crippen molar-refractivity contribution in [2.75, 3.05) is 16.8 Å². The van der Waals surface area contributed by atoms with Crippen LogP contribution in [0.1, 0.15) is 54.6 Å². The SMILES string of the molecule is Nc1nc2ncc(CNc3ccc(C(=O)N[C@H](CCC(=O)CC[C@H](N)C(=O)C[C@@H](CC(=O)O)C(=O)N[C@@H](CS)C(=O)O)C(=O)O)cc3)nc2c(=O)[nH]1. The second kappa shape index (κ2) is 18.9. The molecule has 0 radical (unpaired) electrons. The molecule has 0 aliphatic heterocycles. The van der Waals surface area contributed by atoms with Gasteiger partial charge < -0.3 is 42.7 Å². The number of ketones is 2. The molecule has 2 heterocycles. The van der Waals surface area contributed by atoms with Gasteiger partial charge >= 0.3 is 17.9 Å². The molecule has 0 spiro atoms. The van der Waals surface area contributed by atoms with Crippen molar-refractivity contribution in [3.63, 3.8) is 0 Å². The number of nitrogen functional groups attached to an aromatic ring is 1. The molecule has 21 heteroatoms. The third kappa shape index (κ3) is 12.1. The lowest BCUT2D eigenvalue weighted by atomic mass is 9.92. The molecule has 0 fully saturated rings. The Kier molecular flexibility index (Phi) is 14.7. The van der Waals surface area contributed by atoms with Crippen LogP contribution in [-0.4, -0.2) is 100 Å². The molecule has 278 valence electrons. The molecule has 2 amide bonds. The predicted octanol–water partition coefficient (Wildman–Crippen LogP) is -0.903. The van der Waals surface area contributed by atoms with Gasteiger partial charge in [0, 0.05) is 36.3 Å². The molecule has 0 bridgehead atoms. The van der Waals surface area contributed by atoms with E-state index in [1.807, 2.05) is 0 Å². The number of aliphatic carboxylic acids is 3. The largest absolute Gasteiger partial charge is 0.481 e. The number of carbonyl (C=O) groups excluding carboxylic acids is 4. The van der Waals surface area contributed by atoms with Gasteiger partial charge in [-0.05, 0) is 37.1 Å². The van der Waals surface area contributed by atoms with Crippen molar-refractivity contribution in [3.05, 3.63) is 52.1 Å². The van der Waals surface area contributed by atoms with Gasteiger partial charge in [0.25, 0.3) is 11.5 Å². The lowest BCUT2D eigenvalue weighted by Gasteiger charge is -2.19. The minimum absolute atomic E-state index is 0.0136. The summed E-state index contributed by atoms with van der Waals surface area (Å²) in [6.07, 6.45) is -0.947. The van der Waals surface area contributed by atoms with Gasteiger partial charge in [0.1, 0.15) is 23.7 Å². The summed E-state index contributed by atoms with van der Waals surface area (Å²) in [5.74, 6) is -8.85. The van der Waals surface area contributed by atoms with Crippen LogP contribution in [0.3, 0.4) is 0 Å². The number of amides is 2. The summed E-state index contributed by atoms with van der Waals surface area (Å²) in [7, 11) is 0. The third-order valence-corrected chi connectivity index (χ3v) is 7.97. The molecule has 20 nitrogen and oxygen atoms in total. The molecule has 0 saturated heterocycles. The highest BCUT2D eigenvalue weighted by Crippen LogP contribution is 2.15. The summed E-state index contributed by atoms with van der Waals surface area (Å²) >= 11 is 3.82. The van der Waals surface area contributed by atoms with Crippen molar-refractivity contribution in [2.24, 2.45) is 11.7 Å². The molecular formula is C31H37N9O11S. The summed E-state index contributed by atoms with van der Waals surface area (Å²) in [6, 6.07) is 1.92. The average Bonchev–Trinajstić information content (AvgIpc) is 3.09. The van der Waals surface area contributed by atoms with E-state index < -0.39 is 83.7 Å². The number of nitrogens with zero attached hydrogens (tertiary/aromatic N) is 3. The number of anilines is 2. The fourth-order valence-electron chi connectivity index (χ4n) is 4.73. The number of hydrogen-bond acceptors (Lipinski definition) is 15. The number of Topliss-reactive ketones (excluding diaryl/α,β-unsaturated/α-hetero) is 2. The zero-order valence-electron chi connectivity index (χ0n) is 27.4.